The Morgan fingerprint density at radius 2 is 2.50 bits per heavy atom. The molecule has 12 heavy (non-hydrogen) atoms. The van der Waals surface area contributed by atoms with Gasteiger partial charge in [0.05, 0.1) is 13.4 Å². The summed E-state index contributed by atoms with van der Waals surface area (Å²) in [5.74, 6) is 0.497. The number of carbonyl (C=O) groups excluding carboxylic acids is 1. The number of hydrogen-bond acceptors (Lipinski definition) is 3. The molecule has 2 rings (SSSR count). The van der Waals surface area contributed by atoms with Crippen LogP contribution >= 0.6 is 0 Å². The van der Waals surface area contributed by atoms with E-state index in [2.05, 4.69) is 4.74 Å². The standard InChI is InChI=1S/C9H8O3/c1-11-9(10)7-4-6-2-3-12-8(6)5-7/h2-3,5H,4H2,1H3. The first kappa shape index (κ1) is 7.16. The van der Waals surface area contributed by atoms with Crippen LogP contribution in [0.2, 0.25) is 0 Å². The summed E-state index contributed by atoms with van der Waals surface area (Å²) in [6.45, 7) is 0. The molecule has 3 heteroatoms. The predicted molar refractivity (Wildman–Crippen MR) is 42.4 cm³/mol. The average Bonchev–Trinajstić information content (AvgIpc) is 2.60. The van der Waals surface area contributed by atoms with Gasteiger partial charge < -0.3 is 9.15 Å². The Kier molecular flexibility index (Phi) is 1.50. The highest BCUT2D eigenvalue weighted by atomic mass is 16.5. The van der Waals surface area contributed by atoms with E-state index in [1.165, 1.54) is 7.11 Å². The fourth-order valence-electron chi connectivity index (χ4n) is 1.30. The summed E-state index contributed by atoms with van der Waals surface area (Å²) in [7, 11) is 1.38. The molecule has 0 unspecified atom stereocenters. The molecule has 1 aromatic rings. The van der Waals surface area contributed by atoms with E-state index in [9.17, 15) is 4.79 Å². The topological polar surface area (TPSA) is 39.4 Å². The minimum absolute atomic E-state index is 0.276. The molecule has 0 amide bonds. The Labute approximate surface area is 69.6 Å². The number of furan rings is 1. The molecule has 0 bridgehead atoms. The zero-order valence-electron chi connectivity index (χ0n) is 6.66. The third kappa shape index (κ3) is 0.942. The Balaban J connectivity index is 2.27. The molecule has 0 saturated heterocycles. The molecule has 1 aromatic heterocycles. The lowest BCUT2D eigenvalue weighted by Crippen LogP contribution is -2.03. The molecule has 0 radical (unpaired) electrons. The van der Waals surface area contributed by atoms with Gasteiger partial charge in [-0.1, -0.05) is 0 Å². The summed E-state index contributed by atoms with van der Waals surface area (Å²) in [6.07, 6.45) is 3.97. The normalized spacial score (nSPS) is 13.9. The van der Waals surface area contributed by atoms with Gasteiger partial charge in [-0.05, 0) is 12.1 Å². The number of hydrogen-bond donors (Lipinski definition) is 0. The van der Waals surface area contributed by atoms with E-state index in [0.29, 0.717) is 12.0 Å². The quantitative estimate of drug-likeness (QED) is 0.589. The molecule has 0 spiro atoms. The van der Waals surface area contributed by atoms with Crippen LogP contribution in [0.3, 0.4) is 0 Å². The molecule has 3 nitrogen and oxygen atoms in total. The zero-order valence-corrected chi connectivity index (χ0v) is 6.66. The second kappa shape index (κ2) is 2.52. The minimum Gasteiger partial charge on any atom is -0.466 e. The third-order valence-electron chi connectivity index (χ3n) is 1.91. The van der Waals surface area contributed by atoms with E-state index < -0.39 is 0 Å². The van der Waals surface area contributed by atoms with Crippen LogP contribution in [0.25, 0.3) is 6.08 Å². The Bertz CT molecular complexity index is 346. The molecule has 1 heterocycles. The van der Waals surface area contributed by atoms with Crippen molar-refractivity contribution in [2.24, 2.45) is 0 Å². The third-order valence-corrected chi connectivity index (χ3v) is 1.91. The fraction of sp³-hybridized carbons (Fsp3) is 0.222. The first-order valence-electron chi connectivity index (χ1n) is 3.66. The van der Waals surface area contributed by atoms with Gasteiger partial charge in [-0.3, -0.25) is 0 Å². The molecule has 0 atom stereocenters. The summed E-state index contributed by atoms with van der Waals surface area (Å²) in [5.41, 5.74) is 1.71. The number of ether oxygens (including phenoxy) is 1. The van der Waals surface area contributed by atoms with Crippen LogP contribution in [0.1, 0.15) is 11.3 Å². The van der Waals surface area contributed by atoms with Crippen molar-refractivity contribution in [3.05, 3.63) is 29.2 Å². The summed E-state index contributed by atoms with van der Waals surface area (Å²) < 4.78 is 9.70. The highest BCUT2D eigenvalue weighted by Crippen LogP contribution is 2.25. The first-order chi connectivity index (χ1) is 5.81. The van der Waals surface area contributed by atoms with E-state index in [0.717, 1.165) is 11.3 Å². The maximum atomic E-state index is 11.0. The van der Waals surface area contributed by atoms with Crippen molar-refractivity contribution in [3.8, 4) is 0 Å². The van der Waals surface area contributed by atoms with E-state index in [4.69, 9.17) is 4.42 Å². The van der Waals surface area contributed by atoms with E-state index in [1.54, 1.807) is 12.3 Å². The summed E-state index contributed by atoms with van der Waals surface area (Å²) >= 11 is 0. The smallest absolute Gasteiger partial charge is 0.334 e. The van der Waals surface area contributed by atoms with Crippen LogP contribution in [0.5, 0.6) is 0 Å². The Hall–Kier alpha value is -1.51. The first-order valence-corrected chi connectivity index (χ1v) is 3.66. The highest BCUT2D eigenvalue weighted by molar-refractivity contribution is 5.95. The predicted octanol–water partition coefficient (Wildman–Crippen LogP) is 1.39. The van der Waals surface area contributed by atoms with Crippen molar-refractivity contribution in [3.63, 3.8) is 0 Å². The summed E-state index contributed by atoms with van der Waals surface area (Å²) in [5, 5.41) is 0. The van der Waals surface area contributed by atoms with Crippen molar-refractivity contribution in [1.29, 1.82) is 0 Å². The zero-order chi connectivity index (χ0) is 8.55. The van der Waals surface area contributed by atoms with Crippen molar-refractivity contribution in [2.45, 2.75) is 6.42 Å². The SMILES string of the molecule is COC(=O)C1=Cc2occc2C1. The van der Waals surface area contributed by atoms with Gasteiger partial charge in [-0.25, -0.2) is 4.79 Å². The van der Waals surface area contributed by atoms with Crippen molar-refractivity contribution in [2.75, 3.05) is 7.11 Å². The Morgan fingerprint density at radius 3 is 3.17 bits per heavy atom. The van der Waals surface area contributed by atoms with Gasteiger partial charge in [0.1, 0.15) is 5.76 Å². The van der Waals surface area contributed by atoms with Crippen LogP contribution in [-0.4, -0.2) is 13.1 Å². The highest BCUT2D eigenvalue weighted by Gasteiger charge is 2.20. The summed E-state index contributed by atoms with van der Waals surface area (Å²) in [6, 6.07) is 1.86. The minimum atomic E-state index is -0.276. The van der Waals surface area contributed by atoms with Gasteiger partial charge in [0.2, 0.25) is 0 Å². The van der Waals surface area contributed by atoms with Gasteiger partial charge in [-0.2, -0.15) is 0 Å². The maximum Gasteiger partial charge on any atom is 0.334 e. The second-order valence-corrected chi connectivity index (χ2v) is 2.65. The molecule has 1 aliphatic carbocycles. The van der Waals surface area contributed by atoms with Crippen LogP contribution in [0, 0.1) is 0 Å². The molecule has 0 fully saturated rings. The Morgan fingerprint density at radius 1 is 1.67 bits per heavy atom. The van der Waals surface area contributed by atoms with Crippen LogP contribution in [-0.2, 0) is 16.0 Å². The van der Waals surface area contributed by atoms with Crippen LogP contribution in [0.15, 0.2) is 22.3 Å². The average molecular weight is 164 g/mol. The maximum absolute atomic E-state index is 11.0. The lowest BCUT2D eigenvalue weighted by atomic mass is 10.2. The van der Waals surface area contributed by atoms with Gasteiger partial charge >= 0.3 is 5.97 Å². The van der Waals surface area contributed by atoms with Gasteiger partial charge in [-0.15, -0.1) is 0 Å². The number of rotatable bonds is 1. The van der Waals surface area contributed by atoms with Crippen molar-refractivity contribution in [1.82, 2.24) is 0 Å². The molecular weight excluding hydrogens is 156 g/mol. The van der Waals surface area contributed by atoms with E-state index in [1.807, 2.05) is 6.07 Å². The lowest BCUT2D eigenvalue weighted by molar-refractivity contribution is -0.136. The lowest BCUT2D eigenvalue weighted by Gasteiger charge is -1.96. The largest absolute Gasteiger partial charge is 0.466 e. The molecule has 1 aliphatic rings. The van der Waals surface area contributed by atoms with Gasteiger partial charge in [0.25, 0.3) is 0 Å². The molecule has 0 N–H and O–H groups in total. The molecule has 62 valence electrons. The monoisotopic (exact) mass is 164 g/mol. The van der Waals surface area contributed by atoms with Gasteiger partial charge in [0, 0.05) is 17.6 Å². The van der Waals surface area contributed by atoms with Crippen LogP contribution in [0.4, 0.5) is 0 Å². The fourth-order valence-corrected chi connectivity index (χ4v) is 1.30. The van der Waals surface area contributed by atoms with E-state index >= 15 is 0 Å². The summed E-state index contributed by atoms with van der Waals surface area (Å²) in [4.78, 5) is 11.0. The molecule has 0 saturated carbocycles. The van der Waals surface area contributed by atoms with E-state index in [-0.39, 0.29) is 5.97 Å². The molecule has 0 aliphatic heterocycles. The number of esters is 1. The number of methoxy groups -OCH3 is 1. The van der Waals surface area contributed by atoms with Crippen LogP contribution < -0.4 is 0 Å². The van der Waals surface area contributed by atoms with Gasteiger partial charge in [0.15, 0.2) is 0 Å². The molecular formula is C9H8O3. The number of carbonyl (C=O) groups is 1. The second-order valence-electron chi connectivity index (χ2n) is 2.65. The van der Waals surface area contributed by atoms with Crippen molar-refractivity contribution >= 4 is 12.0 Å². The van der Waals surface area contributed by atoms with Crippen molar-refractivity contribution < 1.29 is 13.9 Å². The molecule has 0 aromatic carbocycles. The number of fused-ring (bicyclic) bond motifs is 1.